The molecule has 0 bridgehead atoms. The van der Waals surface area contributed by atoms with Crippen LogP contribution in [0.25, 0.3) is 5.57 Å². The fourth-order valence-electron chi connectivity index (χ4n) is 3.21. The van der Waals surface area contributed by atoms with E-state index in [1.807, 2.05) is 32.1 Å². The van der Waals surface area contributed by atoms with Crippen molar-refractivity contribution in [3.05, 3.63) is 90.3 Å². The number of hydrogen-bond acceptors (Lipinski definition) is 4. The molecule has 2 heterocycles. The van der Waals surface area contributed by atoms with Gasteiger partial charge in [0.2, 0.25) is 9.84 Å². The first kappa shape index (κ1) is 17.5. The van der Waals surface area contributed by atoms with Gasteiger partial charge in [0, 0.05) is 23.5 Å². The van der Waals surface area contributed by atoms with E-state index in [1.54, 1.807) is 60.9 Å². The fourth-order valence-corrected chi connectivity index (χ4v) is 4.52. The van der Waals surface area contributed by atoms with Crippen molar-refractivity contribution in [2.75, 3.05) is 0 Å². The van der Waals surface area contributed by atoms with E-state index in [9.17, 15) is 8.42 Å². The lowest BCUT2D eigenvalue weighted by Gasteiger charge is -2.31. The molecule has 0 saturated carbocycles. The van der Waals surface area contributed by atoms with Crippen LogP contribution < -0.4 is 4.74 Å². The Kier molecular flexibility index (Phi) is 4.12. The largest absolute Gasteiger partial charge is 0.483 e. The van der Waals surface area contributed by atoms with Gasteiger partial charge in [-0.25, -0.2) is 8.42 Å². The maximum Gasteiger partial charge on any atom is 0.206 e. The van der Waals surface area contributed by atoms with Gasteiger partial charge in [-0.3, -0.25) is 4.98 Å². The third-order valence-electron chi connectivity index (χ3n) is 4.44. The van der Waals surface area contributed by atoms with E-state index in [0.717, 1.165) is 16.7 Å². The van der Waals surface area contributed by atoms with Crippen molar-refractivity contribution in [2.24, 2.45) is 0 Å². The van der Waals surface area contributed by atoms with Crippen molar-refractivity contribution in [3.8, 4) is 5.75 Å². The van der Waals surface area contributed by atoms with Crippen molar-refractivity contribution in [3.63, 3.8) is 0 Å². The summed E-state index contributed by atoms with van der Waals surface area (Å²) < 4.78 is 32.1. The van der Waals surface area contributed by atoms with E-state index in [4.69, 9.17) is 4.74 Å². The van der Waals surface area contributed by atoms with Gasteiger partial charge < -0.3 is 4.74 Å². The molecule has 4 nitrogen and oxygen atoms in total. The molecule has 4 rings (SSSR count). The first-order valence-corrected chi connectivity index (χ1v) is 10.1. The highest BCUT2D eigenvalue weighted by atomic mass is 32.2. The zero-order valence-corrected chi connectivity index (χ0v) is 15.9. The number of hydrogen-bond donors (Lipinski definition) is 0. The smallest absolute Gasteiger partial charge is 0.206 e. The minimum atomic E-state index is -3.61. The SMILES string of the molecule is CC1(C)C=C(c2cccnc2)c2cc(S(=O)(=O)c3ccccc3)ccc2O1. The molecule has 3 aromatic rings. The summed E-state index contributed by atoms with van der Waals surface area (Å²) in [5.74, 6) is 0.661. The topological polar surface area (TPSA) is 56.3 Å². The third-order valence-corrected chi connectivity index (χ3v) is 6.21. The second kappa shape index (κ2) is 6.35. The molecule has 1 aliphatic rings. The minimum Gasteiger partial charge on any atom is -0.483 e. The Morgan fingerprint density at radius 3 is 2.41 bits per heavy atom. The van der Waals surface area contributed by atoms with Crippen LogP contribution >= 0.6 is 0 Å². The van der Waals surface area contributed by atoms with Crippen LogP contribution in [0.2, 0.25) is 0 Å². The fraction of sp³-hybridized carbons (Fsp3) is 0.136. The van der Waals surface area contributed by atoms with E-state index < -0.39 is 15.4 Å². The van der Waals surface area contributed by atoms with E-state index >= 15 is 0 Å². The number of aromatic nitrogens is 1. The van der Waals surface area contributed by atoms with Gasteiger partial charge in [0.15, 0.2) is 0 Å². The Balaban J connectivity index is 1.89. The monoisotopic (exact) mass is 377 g/mol. The van der Waals surface area contributed by atoms with Gasteiger partial charge >= 0.3 is 0 Å². The highest BCUT2D eigenvalue weighted by Gasteiger charge is 2.29. The van der Waals surface area contributed by atoms with Crippen LogP contribution in [0.5, 0.6) is 5.75 Å². The zero-order valence-electron chi connectivity index (χ0n) is 15.1. The van der Waals surface area contributed by atoms with E-state index in [0.29, 0.717) is 5.75 Å². The number of sulfone groups is 1. The quantitative estimate of drug-likeness (QED) is 0.673. The first-order valence-electron chi connectivity index (χ1n) is 8.64. The third kappa shape index (κ3) is 3.26. The van der Waals surface area contributed by atoms with Crippen LogP contribution in [0.3, 0.4) is 0 Å². The van der Waals surface area contributed by atoms with Crippen molar-refractivity contribution in [1.29, 1.82) is 0 Å². The summed E-state index contributed by atoms with van der Waals surface area (Å²) in [4.78, 5) is 4.71. The van der Waals surface area contributed by atoms with E-state index in [-0.39, 0.29) is 9.79 Å². The summed E-state index contributed by atoms with van der Waals surface area (Å²) >= 11 is 0. The Morgan fingerprint density at radius 1 is 0.926 bits per heavy atom. The number of pyridine rings is 1. The van der Waals surface area contributed by atoms with Crippen molar-refractivity contribution >= 4 is 15.4 Å². The minimum absolute atomic E-state index is 0.241. The number of nitrogens with zero attached hydrogens (tertiary/aromatic N) is 1. The van der Waals surface area contributed by atoms with Gasteiger partial charge in [-0.2, -0.15) is 0 Å². The molecule has 0 saturated heterocycles. The van der Waals surface area contributed by atoms with Crippen molar-refractivity contribution < 1.29 is 13.2 Å². The highest BCUT2D eigenvalue weighted by Crippen LogP contribution is 2.40. The average Bonchev–Trinajstić information content (AvgIpc) is 2.67. The van der Waals surface area contributed by atoms with Gasteiger partial charge in [0.25, 0.3) is 0 Å². The molecule has 0 fully saturated rings. The summed E-state index contributed by atoms with van der Waals surface area (Å²) in [7, 11) is -3.61. The van der Waals surface area contributed by atoms with Gasteiger partial charge in [-0.1, -0.05) is 24.3 Å². The predicted octanol–water partition coefficient (Wildman–Crippen LogP) is 4.52. The van der Waals surface area contributed by atoms with Gasteiger partial charge in [-0.15, -0.1) is 0 Å². The molecule has 0 aliphatic carbocycles. The lowest BCUT2D eigenvalue weighted by Crippen LogP contribution is -2.29. The molecule has 0 N–H and O–H groups in total. The number of rotatable bonds is 3. The maximum atomic E-state index is 13.0. The Labute approximate surface area is 159 Å². The molecule has 1 aliphatic heterocycles. The summed E-state index contributed by atoms with van der Waals surface area (Å²) in [6.45, 7) is 3.95. The summed E-state index contributed by atoms with van der Waals surface area (Å²) in [5, 5.41) is 0. The van der Waals surface area contributed by atoms with Crippen molar-refractivity contribution in [1.82, 2.24) is 4.98 Å². The van der Waals surface area contributed by atoms with E-state index in [2.05, 4.69) is 4.98 Å². The van der Waals surface area contributed by atoms with E-state index in [1.165, 1.54) is 0 Å². The molecule has 0 unspecified atom stereocenters. The van der Waals surface area contributed by atoms with Crippen molar-refractivity contribution in [2.45, 2.75) is 29.2 Å². The molecular formula is C22H19NO3S. The number of fused-ring (bicyclic) bond motifs is 1. The Morgan fingerprint density at radius 2 is 1.70 bits per heavy atom. The highest BCUT2D eigenvalue weighted by molar-refractivity contribution is 7.91. The molecule has 136 valence electrons. The molecular weight excluding hydrogens is 358 g/mol. The average molecular weight is 377 g/mol. The van der Waals surface area contributed by atoms with Gasteiger partial charge in [0.1, 0.15) is 11.4 Å². The van der Waals surface area contributed by atoms with Gasteiger partial charge in [0.05, 0.1) is 9.79 Å². The van der Waals surface area contributed by atoms with Crippen LogP contribution in [0.1, 0.15) is 25.0 Å². The summed E-state index contributed by atoms with van der Waals surface area (Å²) in [6, 6.07) is 17.3. The molecule has 0 radical (unpaired) electrons. The second-order valence-corrected chi connectivity index (χ2v) is 8.93. The molecule has 2 aromatic carbocycles. The molecule has 1 aromatic heterocycles. The summed E-state index contributed by atoms with van der Waals surface area (Å²) in [6.07, 6.45) is 5.49. The lowest BCUT2D eigenvalue weighted by molar-refractivity contribution is 0.158. The molecule has 0 spiro atoms. The number of ether oxygens (including phenoxy) is 1. The van der Waals surface area contributed by atoms with Gasteiger partial charge in [-0.05, 0) is 61.9 Å². The second-order valence-electron chi connectivity index (χ2n) is 6.98. The molecule has 0 atom stereocenters. The van der Waals surface area contributed by atoms with Crippen LogP contribution in [0, 0.1) is 0 Å². The maximum absolute atomic E-state index is 13.0. The normalized spacial score (nSPS) is 15.4. The van der Waals surface area contributed by atoms with Crippen LogP contribution in [0.4, 0.5) is 0 Å². The molecule has 27 heavy (non-hydrogen) atoms. The number of benzene rings is 2. The molecule has 0 amide bonds. The van der Waals surface area contributed by atoms with Crippen LogP contribution in [-0.4, -0.2) is 19.0 Å². The zero-order chi connectivity index (χ0) is 19.1. The summed E-state index contributed by atoms with van der Waals surface area (Å²) in [5.41, 5.74) is 2.08. The predicted molar refractivity (Wildman–Crippen MR) is 104 cm³/mol. The van der Waals surface area contributed by atoms with Crippen LogP contribution in [-0.2, 0) is 9.84 Å². The first-order chi connectivity index (χ1) is 12.9. The Bertz CT molecular complexity index is 1120. The van der Waals surface area contributed by atoms with Crippen LogP contribution in [0.15, 0.2) is 88.9 Å². The lowest BCUT2D eigenvalue weighted by atomic mass is 9.91. The standard InChI is InChI=1S/C22H19NO3S/c1-22(2)14-20(16-7-6-12-23-15-16)19-13-18(10-11-21(19)26-22)27(24,25)17-8-4-3-5-9-17/h3-15H,1-2H3. The Hall–Kier alpha value is -2.92. The molecule has 5 heteroatoms.